The number of hydrogen-bond acceptors (Lipinski definition) is 2. The van der Waals surface area contributed by atoms with Gasteiger partial charge in [-0.05, 0) is 47.2 Å². The average molecular weight is 290 g/mol. The zero-order valence-electron chi connectivity index (χ0n) is 7.42. The van der Waals surface area contributed by atoms with Crippen molar-refractivity contribution < 1.29 is 9.53 Å². The standard InChI is InChI=1S/C10H11IO2/c1-2-13-10(12)7-8-4-3-5-9(11)6-8/h3-6H,2,7H2,1H3. The summed E-state index contributed by atoms with van der Waals surface area (Å²) in [6.07, 6.45) is 0.366. The van der Waals surface area contributed by atoms with Crippen LogP contribution in [0.3, 0.4) is 0 Å². The molecule has 70 valence electrons. The first-order valence-electron chi connectivity index (χ1n) is 4.12. The molecular weight excluding hydrogens is 279 g/mol. The maximum absolute atomic E-state index is 11.1. The van der Waals surface area contributed by atoms with E-state index in [0.29, 0.717) is 13.0 Å². The van der Waals surface area contributed by atoms with Gasteiger partial charge in [0.1, 0.15) is 0 Å². The number of benzene rings is 1. The Morgan fingerprint density at radius 1 is 1.54 bits per heavy atom. The third kappa shape index (κ3) is 3.76. The van der Waals surface area contributed by atoms with Gasteiger partial charge >= 0.3 is 5.97 Å². The second-order valence-corrected chi connectivity index (χ2v) is 3.86. The van der Waals surface area contributed by atoms with Gasteiger partial charge in [-0.3, -0.25) is 4.79 Å². The molecule has 0 saturated heterocycles. The lowest BCUT2D eigenvalue weighted by molar-refractivity contribution is -0.142. The molecule has 0 heterocycles. The summed E-state index contributed by atoms with van der Waals surface area (Å²) < 4.78 is 5.98. The summed E-state index contributed by atoms with van der Waals surface area (Å²) in [5, 5.41) is 0. The molecule has 0 radical (unpaired) electrons. The van der Waals surface area contributed by atoms with Crippen LogP contribution in [0.1, 0.15) is 12.5 Å². The Kier molecular flexibility index (Phi) is 4.21. The van der Waals surface area contributed by atoms with Crippen LogP contribution in [0.15, 0.2) is 24.3 Å². The van der Waals surface area contributed by atoms with E-state index in [-0.39, 0.29) is 5.97 Å². The summed E-state index contributed by atoms with van der Waals surface area (Å²) in [7, 11) is 0. The molecule has 0 unspecified atom stereocenters. The molecule has 0 aliphatic rings. The Morgan fingerprint density at radius 3 is 2.92 bits per heavy atom. The van der Waals surface area contributed by atoms with Gasteiger partial charge in [-0.2, -0.15) is 0 Å². The fourth-order valence-corrected chi connectivity index (χ4v) is 1.63. The molecule has 0 aromatic heterocycles. The van der Waals surface area contributed by atoms with Crippen LogP contribution in [-0.2, 0) is 16.0 Å². The molecule has 13 heavy (non-hydrogen) atoms. The zero-order valence-corrected chi connectivity index (χ0v) is 9.58. The van der Waals surface area contributed by atoms with Crippen molar-refractivity contribution in [3.05, 3.63) is 33.4 Å². The Morgan fingerprint density at radius 2 is 2.31 bits per heavy atom. The van der Waals surface area contributed by atoms with Gasteiger partial charge in [-0.15, -0.1) is 0 Å². The normalized spacial score (nSPS) is 9.69. The number of ether oxygens (including phenoxy) is 1. The molecule has 1 rings (SSSR count). The Hall–Kier alpha value is -0.580. The number of esters is 1. The van der Waals surface area contributed by atoms with Gasteiger partial charge in [0.25, 0.3) is 0 Å². The molecule has 0 saturated carbocycles. The first-order chi connectivity index (χ1) is 6.22. The average Bonchev–Trinajstić information content (AvgIpc) is 2.04. The lowest BCUT2D eigenvalue weighted by Gasteiger charge is -2.01. The van der Waals surface area contributed by atoms with Gasteiger partial charge in [-0.25, -0.2) is 0 Å². The highest BCUT2D eigenvalue weighted by atomic mass is 127. The van der Waals surface area contributed by atoms with E-state index in [1.54, 1.807) is 0 Å². The van der Waals surface area contributed by atoms with Crippen molar-refractivity contribution in [1.82, 2.24) is 0 Å². The fraction of sp³-hybridized carbons (Fsp3) is 0.300. The minimum atomic E-state index is -0.162. The Bertz CT molecular complexity index is 297. The SMILES string of the molecule is CCOC(=O)Cc1cccc(I)c1. The van der Waals surface area contributed by atoms with E-state index in [4.69, 9.17) is 4.74 Å². The highest BCUT2D eigenvalue weighted by Crippen LogP contribution is 2.08. The van der Waals surface area contributed by atoms with Crippen LogP contribution in [-0.4, -0.2) is 12.6 Å². The Balaban J connectivity index is 2.58. The van der Waals surface area contributed by atoms with Crippen molar-refractivity contribution in [3.8, 4) is 0 Å². The van der Waals surface area contributed by atoms with E-state index in [0.717, 1.165) is 9.13 Å². The van der Waals surface area contributed by atoms with Crippen LogP contribution in [0.5, 0.6) is 0 Å². The second-order valence-electron chi connectivity index (χ2n) is 2.61. The molecule has 1 aromatic rings. The lowest BCUT2D eigenvalue weighted by Crippen LogP contribution is -2.07. The summed E-state index contributed by atoms with van der Waals surface area (Å²) in [4.78, 5) is 11.1. The molecule has 1 aromatic carbocycles. The van der Waals surface area contributed by atoms with Gasteiger partial charge in [0.05, 0.1) is 13.0 Å². The highest BCUT2D eigenvalue weighted by Gasteiger charge is 2.03. The molecule has 0 fully saturated rings. The predicted molar refractivity (Wildman–Crippen MR) is 59.5 cm³/mol. The van der Waals surface area contributed by atoms with E-state index >= 15 is 0 Å². The van der Waals surface area contributed by atoms with Crippen molar-refractivity contribution in [2.24, 2.45) is 0 Å². The summed E-state index contributed by atoms with van der Waals surface area (Å²) in [5.74, 6) is -0.162. The topological polar surface area (TPSA) is 26.3 Å². The third-order valence-electron chi connectivity index (χ3n) is 1.54. The number of carbonyl (C=O) groups is 1. The van der Waals surface area contributed by atoms with Crippen LogP contribution in [0.4, 0.5) is 0 Å². The van der Waals surface area contributed by atoms with Crippen LogP contribution in [0.2, 0.25) is 0 Å². The predicted octanol–water partition coefficient (Wildman–Crippen LogP) is 2.40. The van der Waals surface area contributed by atoms with E-state index < -0.39 is 0 Å². The molecule has 2 nitrogen and oxygen atoms in total. The van der Waals surface area contributed by atoms with Gasteiger partial charge < -0.3 is 4.74 Å². The molecule has 0 bridgehead atoms. The largest absolute Gasteiger partial charge is 0.466 e. The van der Waals surface area contributed by atoms with Crippen molar-refractivity contribution >= 4 is 28.6 Å². The number of carbonyl (C=O) groups excluding carboxylic acids is 1. The zero-order chi connectivity index (χ0) is 9.68. The summed E-state index contributed by atoms with van der Waals surface area (Å²) in [6, 6.07) is 7.85. The molecule has 0 spiro atoms. The molecule has 0 atom stereocenters. The second kappa shape index (κ2) is 5.21. The number of hydrogen-bond donors (Lipinski definition) is 0. The first kappa shape index (κ1) is 10.5. The van der Waals surface area contributed by atoms with Crippen molar-refractivity contribution in [2.45, 2.75) is 13.3 Å². The van der Waals surface area contributed by atoms with Gasteiger partial charge in [0.15, 0.2) is 0 Å². The van der Waals surface area contributed by atoms with Gasteiger partial charge in [0.2, 0.25) is 0 Å². The molecule has 0 N–H and O–H groups in total. The minimum Gasteiger partial charge on any atom is -0.466 e. The van der Waals surface area contributed by atoms with Crippen LogP contribution in [0, 0.1) is 3.57 Å². The molecule has 0 aliphatic heterocycles. The first-order valence-corrected chi connectivity index (χ1v) is 5.20. The molecular formula is C10H11IO2. The number of halogens is 1. The molecule has 0 aliphatic carbocycles. The van der Waals surface area contributed by atoms with E-state index in [1.165, 1.54) is 0 Å². The summed E-state index contributed by atoms with van der Waals surface area (Å²) >= 11 is 2.22. The van der Waals surface area contributed by atoms with Crippen LogP contribution < -0.4 is 0 Å². The van der Waals surface area contributed by atoms with E-state index in [9.17, 15) is 4.79 Å². The summed E-state index contributed by atoms with van der Waals surface area (Å²) in [5.41, 5.74) is 1.00. The van der Waals surface area contributed by atoms with Crippen molar-refractivity contribution in [2.75, 3.05) is 6.61 Å². The Labute approximate surface area is 91.4 Å². The maximum atomic E-state index is 11.1. The van der Waals surface area contributed by atoms with Crippen molar-refractivity contribution in [3.63, 3.8) is 0 Å². The number of rotatable bonds is 3. The maximum Gasteiger partial charge on any atom is 0.310 e. The van der Waals surface area contributed by atoms with E-state index in [2.05, 4.69) is 22.6 Å². The molecule has 3 heteroatoms. The minimum absolute atomic E-state index is 0.162. The van der Waals surface area contributed by atoms with Gasteiger partial charge in [0, 0.05) is 3.57 Å². The lowest BCUT2D eigenvalue weighted by atomic mass is 10.2. The smallest absolute Gasteiger partial charge is 0.310 e. The highest BCUT2D eigenvalue weighted by molar-refractivity contribution is 14.1. The fourth-order valence-electron chi connectivity index (χ4n) is 1.03. The van der Waals surface area contributed by atoms with Crippen LogP contribution >= 0.6 is 22.6 Å². The van der Waals surface area contributed by atoms with E-state index in [1.807, 2.05) is 31.2 Å². The van der Waals surface area contributed by atoms with Crippen LogP contribution in [0.25, 0.3) is 0 Å². The molecule has 0 amide bonds. The quantitative estimate of drug-likeness (QED) is 0.631. The van der Waals surface area contributed by atoms with Gasteiger partial charge in [-0.1, -0.05) is 12.1 Å². The third-order valence-corrected chi connectivity index (χ3v) is 2.21. The monoisotopic (exact) mass is 290 g/mol. The van der Waals surface area contributed by atoms with Crippen molar-refractivity contribution in [1.29, 1.82) is 0 Å². The summed E-state index contributed by atoms with van der Waals surface area (Å²) in [6.45, 7) is 2.26.